The van der Waals surface area contributed by atoms with Gasteiger partial charge in [0.25, 0.3) is 0 Å². The van der Waals surface area contributed by atoms with E-state index >= 15 is 0 Å². The van der Waals surface area contributed by atoms with Gasteiger partial charge in [-0.05, 0) is 18.2 Å². The number of esters is 1. The molecule has 7 heteroatoms. The molecule has 20 heavy (non-hydrogen) atoms. The van der Waals surface area contributed by atoms with Crippen molar-refractivity contribution in [1.29, 1.82) is 0 Å². The molecule has 0 bridgehead atoms. The molecule has 0 radical (unpaired) electrons. The first-order valence-electron chi connectivity index (χ1n) is 5.82. The molecule has 0 unspecified atom stereocenters. The summed E-state index contributed by atoms with van der Waals surface area (Å²) in [5, 5.41) is 5.54. The van der Waals surface area contributed by atoms with E-state index in [1.165, 1.54) is 30.6 Å². The number of carbonyl (C=O) groups excluding carboxylic acids is 1. The number of halogens is 2. The summed E-state index contributed by atoms with van der Waals surface area (Å²) in [6.45, 7) is 0. The summed E-state index contributed by atoms with van der Waals surface area (Å²) < 4.78 is 17.9. The number of ether oxygens (including phenoxy) is 1. The van der Waals surface area contributed by atoms with Crippen LogP contribution in [0.25, 0.3) is 0 Å². The minimum atomic E-state index is -0.487. The highest BCUT2D eigenvalue weighted by molar-refractivity contribution is 7.13. The SMILES string of the molecule is COC(=O)CCc1csc(Nc2ccc(Cl)c(F)c2)n1. The molecule has 106 valence electrons. The molecule has 1 heterocycles. The average Bonchev–Trinajstić information content (AvgIpc) is 2.88. The summed E-state index contributed by atoms with van der Waals surface area (Å²) >= 11 is 7.00. The van der Waals surface area contributed by atoms with E-state index in [4.69, 9.17) is 11.6 Å². The lowest BCUT2D eigenvalue weighted by atomic mass is 10.2. The number of hydrogen-bond donors (Lipinski definition) is 1. The fraction of sp³-hybridized carbons (Fsp3) is 0.231. The van der Waals surface area contributed by atoms with Crippen LogP contribution in [0.4, 0.5) is 15.2 Å². The lowest BCUT2D eigenvalue weighted by molar-refractivity contribution is -0.140. The number of aryl methyl sites for hydroxylation is 1. The molecule has 0 saturated heterocycles. The van der Waals surface area contributed by atoms with E-state index in [1.54, 1.807) is 6.07 Å². The lowest BCUT2D eigenvalue weighted by Gasteiger charge is -2.03. The fourth-order valence-corrected chi connectivity index (χ4v) is 2.39. The van der Waals surface area contributed by atoms with Gasteiger partial charge >= 0.3 is 5.97 Å². The highest BCUT2D eigenvalue weighted by Crippen LogP contribution is 2.24. The Hall–Kier alpha value is -1.66. The summed E-state index contributed by atoms with van der Waals surface area (Å²) in [4.78, 5) is 15.3. The van der Waals surface area contributed by atoms with Crippen molar-refractivity contribution in [3.8, 4) is 0 Å². The molecule has 2 aromatic rings. The van der Waals surface area contributed by atoms with Gasteiger partial charge in [-0.3, -0.25) is 4.79 Å². The molecule has 2 rings (SSSR count). The van der Waals surface area contributed by atoms with E-state index in [2.05, 4.69) is 15.0 Å². The number of carbonyl (C=O) groups is 1. The third-order valence-corrected chi connectivity index (χ3v) is 3.65. The van der Waals surface area contributed by atoms with E-state index in [0.717, 1.165) is 5.69 Å². The van der Waals surface area contributed by atoms with Gasteiger partial charge in [0.15, 0.2) is 5.13 Å². The van der Waals surface area contributed by atoms with Crippen molar-refractivity contribution in [3.63, 3.8) is 0 Å². The Bertz CT molecular complexity index is 618. The normalized spacial score (nSPS) is 10.3. The van der Waals surface area contributed by atoms with Crippen LogP contribution in [0.3, 0.4) is 0 Å². The predicted molar refractivity (Wildman–Crippen MR) is 77.1 cm³/mol. The second-order valence-corrected chi connectivity index (χ2v) is 5.24. The average molecular weight is 315 g/mol. The van der Waals surface area contributed by atoms with Gasteiger partial charge in [0, 0.05) is 17.5 Å². The van der Waals surface area contributed by atoms with Crippen molar-refractivity contribution in [2.45, 2.75) is 12.8 Å². The molecule has 0 saturated carbocycles. The van der Waals surface area contributed by atoms with Crippen LogP contribution in [0, 0.1) is 5.82 Å². The molecule has 0 aliphatic carbocycles. The number of nitrogens with one attached hydrogen (secondary N) is 1. The Labute approximate surface area is 124 Å². The van der Waals surface area contributed by atoms with E-state index < -0.39 is 5.82 Å². The van der Waals surface area contributed by atoms with Gasteiger partial charge < -0.3 is 10.1 Å². The van der Waals surface area contributed by atoms with Gasteiger partial charge in [-0.25, -0.2) is 9.37 Å². The fourth-order valence-electron chi connectivity index (χ4n) is 1.51. The van der Waals surface area contributed by atoms with Gasteiger partial charge in [-0.1, -0.05) is 11.6 Å². The standard InChI is InChI=1S/C13H12ClFN2O2S/c1-19-12(18)5-3-9-7-20-13(17-9)16-8-2-4-10(14)11(15)6-8/h2,4,6-7H,3,5H2,1H3,(H,16,17). The predicted octanol–water partition coefficient (Wildman–Crippen LogP) is 3.78. The molecule has 0 fully saturated rings. The molecular formula is C13H12ClFN2O2S. The number of anilines is 2. The van der Waals surface area contributed by atoms with Gasteiger partial charge in [0.1, 0.15) is 5.82 Å². The quantitative estimate of drug-likeness (QED) is 0.853. The van der Waals surface area contributed by atoms with Gasteiger partial charge in [0.05, 0.1) is 24.2 Å². The monoisotopic (exact) mass is 314 g/mol. The number of benzene rings is 1. The maximum absolute atomic E-state index is 13.3. The second kappa shape index (κ2) is 6.67. The smallest absolute Gasteiger partial charge is 0.305 e. The maximum Gasteiger partial charge on any atom is 0.305 e. The highest BCUT2D eigenvalue weighted by atomic mass is 35.5. The van der Waals surface area contributed by atoms with E-state index in [0.29, 0.717) is 17.2 Å². The summed E-state index contributed by atoms with van der Waals surface area (Å²) in [5.41, 5.74) is 1.36. The lowest BCUT2D eigenvalue weighted by Crippen LogP contribution is -2.02. The first-order valence-corrected chi connectivity index (χ1v) is 7.07. The molecule has 0 aliphatic heterocycles. The zero-order valence-electron chi connectivity index (χ0n) is 10.7. The van der Waals surface area contributed by atoms with Gasteiger partial charge in [-0.2, -0.15) is 0 Å². The summed E-state index contributed by atoms with van der Waals surface area (Å²) in [6.07, 6.45) is 0.801. The van der Waals surface area contributed by atoms with Crippen LogP contribution in [0.1, 0.15) is 12.1 Å². The summed E-state index contributed by atoms with van der Waals surface area (Å²) in [5.74, 6) is -0.758. The maximum atomic E-state index is 13.3. The Morgan fingerprint density at radius 2 is 2.35 bits per heavy atom. The number of thiazole rings is 1. The number of nitrogens with zero attached hydrogens (tertiary/aromatic N) is 1. The van der Waals surface area contributed by atoms with Crippen LogP contribution in [0.15, 0.2) is 23.6 Å². The third-order valence-electron chi connectivity index (χ3n) is 2.54. The minimum absolute atomic E-state index is 0.0773. The van der Waals surface area contributed by atoms with Crippen molar-refractivity contribution in [1.82, 2.24) is 4.98 Å². The van der Waals surface area contributed by atoms with Crippen LogP contribution in [-0.4, -0.2) is 18.1 Å². The van der Waals surface area contributed by atoms with Crippen LogP contribution >= 0.6 is 22.9 Å². The molecule has 0 aliphatic rings. The third kappa shape index (κ3) is 3.91. The van der Waals surface area contributed by atoms with Crippen LogP contribution < -0.4 is 5.32 Å². The first-order chi connectivity index (χ1) is 9.58. The Morgan fingerprint density at radius 1 is 1.55 bits per heavy atom. The molecule has 1 aromatic carbocycles. The highest BCUT2D eigenvalue weighted by Gasteiger charge is 2.07. The molecule has 4 nitrogen and oxygen atoms in total. The van der Waals surface area contributed by atoms with Crippen LogP contribution in [0.2, 0.25) is 5.02 Å². The van der Waals surface area contributed by atoms with Crippen molar-refractivity contribution in [2.24, 2.45) is 0 Å². The second-order valence-electron chi connectivity index (χ2n) is 3.97. The van der Waals surface area contributed by atoms with Crippen molar-refractivity contribution in [2.75, 3.05) is 12.4 Å². The number of hydrogen-bond acceptors (Lipinski definition) is 5. The van der Waals surface area contributed by atoms with E-state index in [9.17, 15) is 9.18 Å². The molecule has 0 spiro atoms. The number of rotatable bonds is 5. The zero-order valence-corrected chi connectivity index (χ0v) is 12.2. The molecular weight excluding hydrogens is 303 g/mol. The van der Waals surface area contributed by atoms with Crippen LogP contribution in [0.5, 0.6) is 0 Å². The van der Waals surface area contributed by atoms with Crippen molar-refractivity contribution < 1.29 is 13.9 Å². The Kier molecular flexibility index (Phi) is 4.92. The van der Waals surface area contributed by atoms with Crippen molar-refractivity contribution >= 4 is 39.7 Å². The van der Waals surface area contributed by atoms with Crippen LogP contribution in [-0.2, 0) is 16.0 Å². The van der Waals surface area contributed by atoms with E-state index in [-0.39, 0.29) is 17.4 Å². The van der Waals surface area contributed by atoms with Crippen molar-refractivity contribution in [3.05, 3.63) is 40.1 Å². The number of aromatic nitrogens is 1. The summed E-state index contributed by atoms with van der Waals surface area (Å²) in [6, 6.07) is 4.45. The first kappa shape index (κ1) is 14.7. The topological polar surface area (TPSA) is 51.2 Å². The van der Waals surface area contributed by atoms with Gasteiger partial charge in [-0.15, -0.1) is 11.3 Å². The Morgan fingerprint density at radius 3 is 3.05 bits per heavy atom. The molecule has 0 atom stereocenters. The Balaban J connectivity index is 1.98. The van der Waals surface area contributed by atoms with E-state index in [1.807, 2.05) is 5.38 Å². The summed E-state index contributed by atoms with van der Waals surface area (Å²) in [7, 11) is 1.35. The largest absolute Gasteiger partial charge is 0.469 e. The molecule has 0 amide bonds. The molecule has 1 N–H and O–H groups in total. The molecule has 1 aromatic heterocycles. The minimum Gasteiger partial charge on any atom is -0.469 e. The van der Waals surface area contributed by atoms with Gasteiger partial charge in [0.2, 0.25) is 0 Å². The number of methoxy groups -OCH3 is 1. The zero-order chi connectivity index (χ0) is 14.5.